The molecule has 0 aliphatic heterocycles. The zero-order valence-electron chi connectivity index (χ0n) is 10.0. The van der Waals surface area contributed by atoms with Crippen LogP contribution in [0.15, 0.2) is 22.7 Å². The van der Waals surface area contributed by atoms with E-state index >= 15 is 0 Å². The standard InChI is InChI=1S/C12H14BrN3O2/c1-2-10(5-6-14)15-8-9-3-4-11(13)12(7-9)16(17)18/h3-4,7,10,15H,2,5,8H2,1H3. The Bertz CT molecular complexity index is 471. The molecule has 1 unspecified atom stereocenters. The van der Waals surface area contributed by atoms with Crippen molar-refractivity contribution in [2.45, 2.75) is 32.4 Å². The first-order chi connectivity index (χ1) is 8.58. The number of halogens is 1. The van der Waals surface area contributed by atoms with Crippen LogP contribution in [0.2, 0.25) is 0 Å². The van der Waals surface area contributed by atoms with Crippen molar-refractivity contribution in [3.63, 3.8) is 0 Å². The Kier molecular flexibility index (Phi) is 5.75. The van der Waals surface area contributed by atoms with Crippen LogP contribution < -0.4 is 5.32 Å². The molecule has 0 aromatic heterocycles. The normalized spacial score (nSPS) is 11.8. The van der Waals surface area contributed by atoms with Crippen molar-refractivity contribution in [1.29, 1.82) is 5.26 Å². The van der Waals surface area contributed by atoms with Crippen LogP contribution >= 0.6 is 15.9 Å². The van der Waals surface area contributed by atoms with Gasteiger partial charge < -0.3 is 5.32 Å². The molecule has 0 saturated heterocycles. The molecule has 1 aromatic rings. The molecule has 1 aromatic carbocycles. The summed E-state index contributed by atoms with van der Waals surface area (Å²) in [5, 5.41) is 22.6. The van der Waals surface area contributed by atoms with Gasteiger partial charge in [0.15, 0.2) is 0 Å². The fraction of sp³-hybridized carbons (Fsp3) is 0.417. The lowest BCUT2D eigenvalue weighted by Crippen LogP contribution is -2.27. The highest BCUT2D eigenvalue weighted by molar-refractivity contribution is 9.10. The molecular weight excluding hydrogens is 298 g/mol. The van der Waals surface area contributed by atoms with E-state index < -0.39 is 4.92 Å². The highest BCUT2D eigenvalue weighted by Gasteiger charge is 2.12. The average Bonchev–Trinajstić information content (AvgIpc) is 2.35. The third kappa shape index (κ3) is 4.09. The monoisotopic (exact) mass is 311 g/mol. The Morgan fingerprint density at radius 1 is 1.61 bits per heavy atom. The molecule has 6 heteroatoms. The fourth-order valence-electron chi connectivity index (χ4n) is 1.54. The first kappa shape index (κ1) is 14.6. The van der Waals surface area contributed by atoms with Crippen molar-refractivity contribution >= 4 is 21.6 Å². The third-order valence-corrected chi connectivity index (χ3v) is 3.30. The van der Waals surface area contributed by atoms with Gasteiger partial charge in [-0.3, -0.25) is 10.1 Å². The predicted molar refractivity (Wildman–Crippen MR) is 71.9 cm³/mol. The topological polar surface area (TPSA) is 79.0 Å². The summed E-state index contributed by atoms with van der Waals surface area (Å²) >= 11 is 3.14. The molecule has 1 atom stereocenters. The van der Waals surface area contributed by atoms with Crippen LogP contribution in [0.4, 0.5) is 5.69 Å². The summed E-state index contributed by atoms with van der Waals surface area (Å²) in [7, 11) is 0. The molecule has 1 N–H and O–H groups in total. The van der Waals surface area contributed by atoms with Gasteiger partial charge in [-0.2, -0.15) is 5.26 Å². The van der Waals surface area contributed by atoms with Gasteiger partial charge in [0.25, 0.3) is 5.69 Å². The average molecular weight is 312 g/mol. The SMILES string of the molecule is CCC(CC#N)NCc1ccc(Br)c([N+](=O)[O-])c1. The Labute approximate surface area is 114 Å². The number of nitriles is 1. The minimum atomic E-state index is -0.417. The van der Waals surface area contributed by atoms with Crippen LogP contribution in [0.25, 0.3) is 0 Å². The number of nitro groups is 1. The fourth-order valence-corrected chi connectivity index (χ4v) is 1.93. The summed E-state index contributed by atoms with van der Waals surface area (Å²) in [5.41, 5.74) is 0.893. The van der Waals surface area contributed by atoms with Crippen LogP contribution in [-0.4, -0.2) is 11.0 Å². The molecule has 0 spiro atoms. The second kappa shape index (κ2) is 7.09. The van der Waals surface area contributed by atoms with E-state index in [0.717, 1.165) is 12.0 Å². The first-order valence-corrected chi connectivity index (χ1v) is 6.41. The summed E-state index contributed by atoms with van der Waals surface area (Å²) in [6, 6.07) is 7.27. The lowest BCUT2D eigenvalue weighted by atomic mass is 10.1. The maximum absolute atomic E-state index is 10.8. The van der Waals surface area contributed by atoms with Crippen molar-refractivity contribution in [3.05, 3.63) is 38.3 Å². The number of nitrogens with zero attached hydrogens (tertiary/aromatic N) is 2. The molecule has 0 saturated carbocycles. The number of nitrogens with one attached hydrogen (secondary N) is 1. The summed E-state index contributed by atoms with van der Waals surface area (Å²) in [6.45, 7) is 2.52. The smallest absolute Gasteiger partial charge is 0.283 e. The number of benzene rings is 1. The van der Waals surface area contributed by atoms with Gasteiger partial charge in [0.1, 0.15) is 0 Å². The van der Waals surface area contributed by atoms with E-state index in [4.69, 9.17) is 5.26 Å². The number of hydrogen-bond donors (Lipinski definition) is 1. The summed E-state index contributed by atoms with van der Waals surface area (Å²) in [4.78, 5) is 10.4. The summed E-state index contributed by atoms with van der Waals surface area (Å²) in [5.74, 6) is 0. The van der Waals surface area contributed by atoms with Gasteiger partial charge >= 0.3 is 0 Å². The molecule has 0 heterocycles. The van der Waals surface area contributed by atoms with Gasteiger partial charge in [-0.15, -0.1) is 0 Å². The van der Waals surface area contributed by atoms with Gasteiger partial charge in [-0.25, -0.2) is 0 Å². The minimum Gasteiger partial charge on any atom is -0.309 e. The molecule has 1 rings (SSSR count). The van der Waals surface area contributed by atoms with Gasteiger partial charge in [-0.05, 0) is 34.0 Å². The van der Waals surface area contributed by atoms with Gasteiger partial charge in [-0.1, -0.05) is 13.0 Å². The molecule has 0 aliphatic rings. The maximum Gasteiger partial charge on any atom is 0.283 e. The third-order valence-electron chi connectivity index (χ3n) is 2.63. The zero-order chi connectivity index (χ0) is 13.5. The van der Waals surface area contributed by atoms with Crippen LogP contribution in [0, 0.1) is 21.4 Å². The second-order valence-electron chi connectivity index (χ2n) is 3.89. The molecule has 96 valence electrons. The number of hydrogen-bond acceptors (Lipinski definition) is 4. The Balaban J connectivity index is 2.71. The van der Waals surface area contributed by atoms with Gasteiger partial charge in [0.05, 0.1) is 21.9 Å². The van der Waals surface area contributed by atoms with E-state index in [1.54, 1.807) is 6.07 Å². The van der Waals surface area contributed by atoms with Crippen molar-refractivity contribution in [3.8, 4) is 6.07 Å². The molecule has 5 nitrogen and oxygen atoms in total. The molecule has 0 amide bonds. The highest BCUT2D eigenvalue weighted by atomic mass is 79.9. The largest absolute Gasteiger partial charge is 0.309 e. The van der Waals surface area contributed by atoms with Crippen molar-refractivity contribution in [2.75, 3.05) is 0 Å². The lowest BCUT2D eigenvalue weighted by molar-refractivity contribution is -0.385. The highest BCUT2D eigenvalue weighted by Crippen LogP contribution is 2.25. The van der Waals surface area contributed by atoms with Crippen molar-refractivity contribution in [2.24, 2.45) is 0 Å². The van der Waals surface area contributed by atoms with E-state index in [1.807, 2.05) is 13.0 Å². The van der Waals surface area contributed by atoms with Crippen molar-refractivity contribution < 1.29 is 4.92 Å². The van der Waals surface area contributed by atoms with Crippen LogP contribution in [0.3, 0.4) is 0 Å². The molecule has 0 radical (unpaired) electrons. The quantitative estimate of drug-likeness (QED) is 0.646. The van der Waals surface area contributed by atoms with Crippen LogP contribution in [0.5, 0.6) is 0 Å². The van der Waals surface area contributed by atoms with E-state index in [9.17, 15) is 10.1 Å². The lowest BCUT2D eigenvalue weighted by Gasteiger charge is -2.13. The summed E-state index contributed by atoms with van der Waals surface area (Å²) in [6.07, 6.45) is 1.29. The van der Waals surface area contributed by atoms with Crippen LogP contribution in [0.1, 0.15) is 25.3 Å². The summed E-state index contributed by atoms with van der Waals surface area (Å²) < 4.78 is 0.473. The van der Waals surface area contributed by atoms with E-state index in [1.165, 1.54) is 6.07 Å². The van der Waals surface area contributed by atoms with Crippen molar-refractivity contribution in [1.82, 2.24) is 5.32 Å². The maximum atomic E-state index is 10.8. The number of rotatable bonds is 6. The molecule has 0 aliphatic carbocycles. The Hall–Kier alpha value is -1.45. The first-order valence-electron chi connectivity index (χ1n) is 5.61. The molecule has 0 bridgehead atoms. The molecule has 18 heavy (non-hydrogen) atoms. The number of nitro benzene ring substituents is 1. The zero-order valence-corrected chi connectivity index (χ0v) is 11.6. The van der Waals surface area contributed by atoms with Crippen LogP contribution in [-0.2, 0) is 6.54 Å². The van der Waals surface area contributed by atoms with E-state index in [0.29, 0.717) is 17.4 Å². The van der Waals surface area contributed by atoms with Gasteiger partial charge in [0, 0.05) is 18.7 Å². The van der Waals surface area contributed by atoms with E-state index in [2.05, 4.69) is 27.3 Å². The Morgan fingerprint density at radius 2 is 2.33 bits per heavy atom. The second-order valence-corrected chi connectivity index (χ2v) is 4.75. The molecule has 0 fully saturated rings. The molecular formula is C12H14BrN3O2. The Morgan fingerprint density at radius 3 is 2.89 bits per heavy atom. The minimum absolute atomic E-state index is 0.0580. The van der Waals surface area contributed by atoms with E-state index in [-0.39, 0.29) is 11.7 Å². The van der Waals surface area contributed by atoms with Gasteiger partial charge in [0.2, 0.25) is 0 Å². The predicted octanol–water partition coefficient (Wildman–Crippen LogP) is 3.14.